The molecule has 0 saturated heterocycles. The Balaban J connectivity index is 1.46. The maximum Gasteiger partial charge on any atom is 0.240 e. The number of phenolic OH excluding ortho intramolecular Hbond substituents is 1. The van der Waals surface area contributed by atoms with Gasteiger partial charge in [-0.2, -0.15) is 10.1 Å². The van der Waals surface area contributed by atoms with Crippen LogP contribution in [0.2, 0.25) is 0 Å². The van der Waals surface area contributed by atoms with Gasteiger partial charge in [-0.3, -0.25) is 9.59 Å². The Morgan fingerprint density at radius 1 is 1.21 bits per heavy atom. The van der Waals surface area contributed by atoms with E-state index in [1.807, 2.05) is 0 Å². The number of hydrazone groups is 1. The molecule has 1 amide bonds. The molecule has 10 heteroatoms. The van der Waals surface area contributed by atoms with Gasteiger partial charge in [0.2, 0.25) is 17.0 Å². The average molecular weight is 410 g/mol. The lowest BCUT2D eigenvalue weighted by atomic mass is 10.1. The molecule has 0 unspecified atom stereocenters. The SMILES string of the molecule is CC(=O)c1ccc(NC(=O)CSc2n[nH]c(N/N=C/c3ccccc3O)n2)cc1. The number of aromatic hydroxyl groups is 1. The highest BCUT2D eigenvalue weighted by Crippen LogP contribution is 2.16. The van der Waals surface area contributed by atoms with E-state index in [0.29, 0.717) is 27.9 Å². The van der Waals surface area contributed by atoms with Crippen molar-refractivity contribution in [2.45, 2.75) is 12.1 Å². The molecule has 1 heterocycles. The van der Waals surface area contributed by atoms with Crippen molar-refractivity contribution in [3.63, 3.8) is 0 Å². The number of rotatable bonds is 8. The Labute approximate surface area is 170 Å². The highest BCUT2D eigenvalue weighted by molar-refractivity contribution is 7.99. The molecule has 0 saturated carbocycles. The number of thioether (sulfide) groups is 1. The Bertz CT molecular complexity index is 1030. The van der Waals surface area contributed by atoms with Crippen LogP contribution in [0.25, 0.3) is 0 Å². The summed E-state index contributed by atoms with van der Waals surface area (Å²) in [5.41, 5.74) is 4.42. The standard InChI is InChI=1S/C19H18N6O3S/c1-12(26)13-6-8-15(9-7-13)21-17(28)11-29-19-22-18(24-25-19)23-20-10-14-4-2-3-5-16(14)27/h2-10,27H,11H2,1H3,(H,21,28)(H2,22,23,24,25)/b20-10+. The second-order valence-corrected chi connectivity index (χ2v) is 6.81. The topological polar surface area (TPSA) is 132 Å². The molecule has 0 aliphatic carbocycles. The molecule has 2 aromatic carbocycles. The first-order chi connectivity index (χ1) is 14.0. The predicted octanol–water partition coefficient (Wildman–Crippen LogP) is 2.89. The lowest BCUT2D eigenvalue weighted by Gasteiger charge is -2.04. The third kappa shape index (κ3) is 5.91. The summed E-state index contributed by atoms with van der Waals surface area (Å²) in [6, 6.07) is 13.5. The van der Waals surface area contributed by atoms with E-state index < -0.39 is 0 Å². The average Bonchev–Trinajstić information content (AvgIpc) is 3.16. The number of phenols is 1. The van der Waals surface area contributed by atoms with Gasteiger partial charge < -0.3 is 10.4 Å². The van der Waals surface area contributed by atoms with Crippen LogP contribution in [0.5, 0.6) is 5.75 Å². The second kappa shape index (κ2) is 9.51. The lowest BCUT2D eigenvalue weighted by molar-refractivity contribution is -0.113. The molecule has 0 aliphatic rings. The molecule has 1 aromatic heterocycles. The van der Waals surface area contributed by atoms with E-state index in [2.05, 4.69) is 31.0 Å². The summed E-state index contributed by atoms with van der Waals surface area (Å²) in [4.78, 5) is 27.5. The van der Waals surface area contributed by atoms with Gasteiger partial charge >= 0.3 is 0 Å². The Morgan fingerprint density at radius 2 is 1.97 bits per heavy atom. The fourth-order valence-electron chi connectivity index (χ4n) is 2.24. The van der Waals surface area contributed by atoms with Gasteiger partial charge in [0.25, 0.3) is 0 Å². The molecule has 0 bridgehead atoms. The molecule has 148 valence electrons. The van der Waals surface area contributed by atoms with E-state index >= 15 is 0 Å². The number of amides is 1. The van der Waals surface area contributed by atoms with Crippen LogP contribution in [-0.4, -0.2) is 43.9 Å². The van der Waals surface area contributed by atoms with Crippen LogP contribution < -0.4 is 10.7 Å². The zero-order valence-corrected chi connectivity index (χ0v) is 16.2. The molecule has 3 aromatic rings. The maximum atomic E-state index is 12.0. The summed E-state index contributed by atoms with van der Waals surface area (Å²) in [6.45, 7) is 1.49. The van der Waals surface area contributed by atoms with Crippen LogP contribution in [-0.2, 0) is 4.79 Å². The molecule has 0 fully saturated rings. The number of para-hydroxylation sites is 1. The van der Waals surface area contributed by atoms with E-state index in [-0.39, 0.29) is 23.2 Å². The van der Waals surface area contributed by atoms with Crippen LogP contribution in [0, 0.1) is 0 Å². The highest BCUT2D eigenvalue weighted by atomic mass is 32.2. The highest BCUT2D eigenvalue weighted by Gasteiger charge is 2.08. The first-order valence-electron chi connectivity index (χ1n) is 8.54. The number of H-pyrrole nitrogens is 1. The van der Waals surface area contributed by atoms with Gasteiger partial charge in [0.1, 0.15) is 5.75 Å². The number of hydrogen-bond acceptors (Lipinski definition) is 8. The third-order valence-corrected chi connectivity index (χ3v) is 4.53. The van der Waals surface area contributed by atoms with E-state index in [0.717, 1.165) is 11.8 Å². The van der Waals surface area contributed by atoms with Crippen molar-refractivity contribution in [3.8, 4) is 5.75 Å². The van der Waals surface area contributed by atoms with Crippen molar-refractivity contribution in [1.29, 1.82) is 0 Å². The number of aromatic amines is 1. The van der Waals surface area contributed by atoms with Crippen molar-refractivity contribution in [2.24, 2.45) is 5.10 Å². The molecule has 0 atom stereocenters. The molecular formula is C19H18N6O3S. The first kappa shape index (κ1) is 20.1. The number of benzene rings is 2. The van der Waals surface area contributed by atoms with Crippen LogP contribution in [0.1, 0.15) is 22.8 Å². The fraction of sp³-hybridized carbons (Fsp3) is 0.105. The Hall–Kier alpha value is -3.66. The van der Waals surface area contributed by atoms with E-state index in [4.69, 9.17) is 0 Å². The zero-order valence-electron chi connectivity index (χ0n) is 15.4. The van der Waals surface area contributed by atoms with Crippen molar-refractivity contribution >= 4 is 41.3 Å². The summed E-state index contributed by atoms with van der Waals surface area (Å²) in [7, 11) is 0. The number of carbonyl (C=O) groups excluding carboxylic acids is 2. The Kier molecular flexibility index (Phi) is 6.59. The molecule has 29 heavy (non-hydrogen) atoms. The molecule has 0 aliphatic heterocycles. The van der Waals surface area contributed by atoms with Gasteiger partial charge in [-0.05, 0) is 43.3 Å². The molecule has 9 nitrogen and oxygen atoms in total. The third-order valence-electron chi connectivity index (χ3n) is 3.68. The van der Waals surface area contributed by atoms with Gasteiger partial charge in [-0.25, -0.2) is 10.5 Å². The molecule has 3 rings (SSSR count). The minimum atomic E-state index is -0.220. The van der Waals surface area contributed by atoms with Crippen molar-refractivity contribution in [2.75, 3.05) is 16.5 Å². The molecular weight excluding hydrogens is 392 g/mol. The van der Waals surface area contributed by atoms with Gasteiger partial charge in [0, 0.05) is 16.8 Å². The summed E-state index contributed by atoms with van der Waals surface area (Å²) < 4.78 is 0. The number of ketones is 1. The Morgan fingerprint density at radius 3 is 2.69 bits per heavy atom. The van der Waals surface area contributed by atoms with Gasteiger partial charge in [0.15, 0.2) is 5.78 Å². The van der Waals surface area contributed by atoms with Crippen molar-refractivity contribution in [3.05, 3.63) is 59.7 Å². The largest absolute Gasteiger partial charge is 0.507 e. The second-order valence-electron chi connectivity index (χ2n) is 5.87. The van der Waals surface area contributed by atoms with Crippen molar-refractivity contribution in [1.82, 2.24) is 15.2 Å². The van der Waals surface area contributed by atoms with Crippen LogP contribution in [0.4, 0.5) is 11.6 Å². The number of nitrogens with zero attached hydrogens (tertiary/aromatic N) is 3. The lowest BCUT2D eigenvalue weighted by Crippen LogP contribution is -2.14. The minimum Gasteiger partial charge on any atom is -0.507 e. The fourth-order valence-corrected chi connectivity index (χ4v) is 2.83. The van der Waals surface area contributed by atoms with Gasteiger partial charge in [-0.15, -0.1) is 5.10 Å². The molecule has 4 N–H and O–H groups in total. The summed E-state index contributed by atoms with van der Waals surface area (Å²) >= 11 is 1.16. The number of carbonyl (C=O) groups is 2. The summed E-state index contributed by atoms with van der Waals surface area (Å²) in [5.74, 6) is 0.292. The summed E-state index contributed by atoms with van der Waals surface area (Å²) in [6.07, 6.45) is 1.45. The number of aromatic nitrogens is 3. The molecule has 0 radical (unpaired) electrons. The van der Waals surface area contributed by atoms with Gasteiger partial charge in [0.05, 0.1) is 12.0 Å². The zero-order chi connectivity index (χ0) is 20.6. The van der Waals surface area contributed by atoms with E-state index in [1.165, 1.54) is 13.1 Å². The summed E-state index contributed by atoms with van der Waals surface area (Å²) in [5, 5.41) is 23.4. The number of anilines is 2. The van der Waals surface area contributed by atoms with Crippen LogP contribution in [0.3, 0.4) is 0 Å². The number of Topliss-reactive ketones (excluding diaryl/α,β-unsaturated/α-hetero) is 1. The minimum absolute atomic E-state index is 0.0302. The van der Waals surface area contributed by atoms with Crippen molar-refractivity contribution < 1.29 is 14.7 Å². The van der Waals surface area contributed by atoms with E-state index in [9.17, 15) is 14.7 Å². The van der Waals surface area contributed by atoms with Gasteiger partial charge in [-0.1, -0.05) is 23.9 Å². The number of hydrogen-bond donors (Lipinski definition) is 4. The smallest absolute Gasteiger partial charge is 0.240 e. The maximum absolute atomic E-state index is 12.0. The van der Waals surface area contributed by atoms with Crippen LogP contribution in [0.15, 0.2) is 58.8 Å². The monoisotopic (exact) mass is 410 g/mol. The van der Waals surface area contributed by atoms with E-state index in [1.54, 1.807) is 48.5 Å². The normalized spacial score (nSPS) is 10.8. The first-order valence-corrected chi connectivity index (χ1v) is 9.53. The predicted molar refractivity (Wildman–Crippen MR) is 112 cm³/mol. The number of nitrogens with one attached hydrogen (secondary N) is 3. The quantitative estimate of drug-likeness (QED) is 0.194. The molecule has 0 spiro atoms. The van der Waals surface area contributed by atoms with Crippen LogP contribution >= 0.6 is 11.8 Å².